The number of nitrogens with zero attached hydrogens (tertiary/aromatic N) is 2. The minimum absolute atomic E-state index is 0.145. The summed E-state index contributed by atoms with van der Waals surface area (Å²) in [5, 5.41) is 12.1. The number of pyridine rings is 1. The van der Waals surface area contributed by atoms with Gasteiger partial charge in [0, 0.05) is 18.0 Å². The van der Waals surface area contributed by atoms with E-state index in [1.54, 1.807) is 23.7 Å². The first-order chi connectivity index (χ1) is 9.84. The van der Waals surface area contributed by atoms with E-state index in [1.165, 1.54) is 0 Å². The zero-order valence-electron chi connectivity index (χ0n) is 10.3. The fraction of sp³-hybridized carbons (Fsp3) is 0.0714. The number of thiophene rings is 1. The van der Waals surface area contributed by atoms with E-state index in [2.05, 4.69) is 20.5 Å². The van der Waals surface area contributed by atoms with Crippen LogP contribution in [0.15, 0.2) is 42.0 Å². The smallest absolute Gasteiger partial charge is 0.272 e. The third-order valence-corrected chi connectivity index (χ3v) is 4.26. The number of nitrogens with one attached hydrogen (secondary N) is 2. The first kappa shape index (κ1) is 11.4. The molecule has 0 saturated carbocycles. The molecule has 1 amide bonds. The molecule has 6 heteroatoms. The van der Waals surface area contributed by atoms with E-state index >= 15 is 0 Å². The Balaban J connectivity index is 1.89. The van der Waals surface area contributed by atoms with E-state index < -0.39 is 0 Å². The van der Waals surface area contributed by atoms with Crippen LogP contribution in [0.3, 0.4) is 0 Å². The highest BCUT2D eigenvalue weighted by Gasteiger charge is 2.35. The Bertz CT molecular complexity index is 764. The van der Waals surface area contributed by atoms with E-state index in [1.807, 2.05) is 29.6 Å². The maximum atomic E-state index is 12.0. The number of hydrogen-bond acceptors (Lipinski definition) is 4. The monoisotopic (exact) mass is 282 g/mol. The zero-order valence-corrected chi connectivity index (χ0v) is 11.1. The molecule has 4 rings (SSSR count). The fourth-order valence-corrected chi connectivity index (χ4v) is 3.22. The SMILES string of the molecule is O=C1NC(c2cccnc2)c2c1n[nH]c2-c1cccs1. The molecule has 3 aromatic heterocycles. The zero-order chi connectivity index (χ0) is 13.5. The summed E-state index contributed by atoms with van der Waals surface area (Å²) in [6.45, 7) is 0. The summed E-state index contributed by atoms with van der Waals surface area (Å²) in [5.74, 6) is -0.145. The molecular formula is C14H10N4OS. The molecule has 0 aromatic carbocycles. The molecule has 3 aromatic rings. The van der Waals surface area contributed by atoms with Crippen LogP contribution in [-0.4, -0.2) is 21.1 Å². The van der Waals surface area contributed by atoms with E-state index in [9.17, 15) is 4.79 Å². The molecule has 0 radical (unpaired) electrons. The van der Waals surface area contributed by atoms with E-state index in [0.29, 0.717) is 5.69 Å². The Kier molecular flexibility index (Phi) is 2.43. The van der Waals surface area contributed by atoms with Crippen molar-refractivity contribution in [3.05, 3.63) is 58.9 Å². The fourth-order valence-electron chi connectivity index (χ4n) is 2.48. The molecule has 1 aliphatic rings. The van der Waals surface area contributed by atoms with Gasteiger partial charge in [0.2, 0.25) is 0 Å². The maximum Gasteiger partial charge on any atom is 0.272 e. The number of aromatic nitrogens is 3. The van der Waals surface area contributed by atoms with Crippen molar-refractivity contribution in [1.82, 2.24) is 20.5 Å². The Labute approximate surface area is 118 Å². The lowest BCUT2D eigenvalue weighted by atomic mass is 10.0. The molecule has 0 fully saturated rings. The van der Waals surface area contributed by atoms with Crippen LogP contribution in [0, 0.1) is 0 Å². The molecular weight excluding hydrogens is 272 g/mol. The van der Waals surface area contributed by atoms with Crippen molar-refractivity contribution in [1.29, 1.82) is 0 Å². The van der Waals surface area contributed by atoms with Crippen LogP contribution in [0.4, 0.5) is 0 Å². The largest absolute Gasteiger partial charge is 0.339 e. The second kappa shape index (κ2) is 4.28. The first-order valence-electron chi connectivity index (χ1n) is 6.17. The van der Waals surface area contributed by atoms with Crippen LogP contribution in [0.25, 0.3) is 10.6 Å². The summed E-state index contributed by atoms with van der Waals surface area (Å²) in [6, 6.07) is 7.63. The lowest BCUT2D eigenvalue weighted by Crippen LogP contribution is -2.21. The van der Waals surface area contributed by atoms with Crippen LogP contribution in [0.2, 0.25) is 0 Å². The second-order valence-corrected chi connectivity index (χ2v) is 5.48. The van der Waals surface area contributed by atoms with Crippen molar-refractivity contribution in [2.45, 2.75) is 6.04 Å². The van der Waals surface area contributed by atoms with Crippen LogP contribution < -0.4 is 5.32 Å². The number of fused-ring (bicyclic) bond motifs is 1. The van der Waals surface area contributed by atoms with Crippen molar-refractivity contribution in [2.75, 3.05) is 0 Å². The van der Waals surface area contributed by atoms with Crippen LogP contribution in [-0.2, 0) is 0 Å². The van der Waals surface area contributed by atoms with Gasteiger partial charge in [0.15, 0.2) is 5.69 Å². The molecule has 5 nitrogen and oxygen atoms in total. The standard InChI is InChI=1S/C14H10N4OS/c19-14-13-10(11(16-14)8-3-1-5-15-7-8)12(17-18-13)9-4-2-6-20-9/h1-7,11H,(H,16,19)(H,17,18). The van der Waals surface area contributed by atoms with Gasteiger partial charge >= 0.3 is 0 Å². The van der Waals surface area contributed by atoms with Crippen LogP contribution >= 0.6 is 11.3 Å². The van der Waals surface area contributed by atoms with Gasteiger partial charge in [-0.05, 0) is 23.1 Å². The average molecular weight is 282 g/mol. The number of hydrogen-bond donors (Lipinski definition) is 2. The summed E-state index contributed by atoms with van der Waals surface area (Å²) in [5.41, 5.74) is 3.24. The van der Waals surface area contributed by atoms with Crippen molar-refractivity contribution in [3.8, 4) is 10.6 Å². The summed E-state index contributed by atoms with van der Waals surface area (Å²) in [6.07, 6.45) is 3.49. The number of carbonyl (C=O) groups excluding carboxylic acids is 1. The quantitative estimate of drug-likeness (QED) is 0.758. The normalized spacial score (nSPS) is 17.0. The van der Waals surface area contributed by atoms with Gasteiger partial charge in [0.05, 0.1) is 16.6 Å². The van der Waals surface area contributed by atoms with E-state index in [-0.39, 0.29) is 11.9 Å². The van der Waals surface area contributed by atoms with E-state index in [0.717, 1.165) is 21.7 Å². The average Bonchev–Trinajstić information content (AvgIpc) is 3.17. The first-order valence-corrected chi connectivity index (χ1v) is 7.05. The van der Waals surface area contributed by atoms with Crippen LogP contribution in [0.1, 0.15) is 27.7 Å². The van der Waals surface area contributed by atoms with Crippen molar-refractivity contribution in [3.63, 3.8) is 0 Å². The molecule has 1 atom stereocenters. The highest BCUT2D eigenvalue weighted by Crippen LogP contribution is 2.37. The summed E-state index contributed by atoms with van der Waals surface area (Å²) in [7, 11) is 0. The van der Waals surface area contributed by atoms with Gasteiger partial charge in [0.25, 0.3) is 5.91 Å². The van der Waals surface area contributed by atoms with Crippen molar-refractivity contribution in [2.24, 2.45) is 0 Å². The van der Waals surface area contributed by atoms with Gasteiger partial charge in [-0.2, -0.15) is 5.10 Å². The molecule has 20 heavy (non-hydrogen) atoms. The van der Waals surface area contributed by atoms with Gasteiger partial charge in [-0.25, -0.2) is 0 Å². The Hall–Kier alpha value is -2.47. The molecule has 1 unspecified atom stereocenters. The third kappa shape index (κ3) is 1.58. The minimum atomic E-state index is -0.193. The molecule has 0 saturated heterocycles. The van der Waals surface area contributed by atoms with E-state index in [4.69, 9.17) is 0 Å². The van der Waals surface area contributed by atoms with Crippen molar-refractivity contribution >= 4 is 17.2 Å². The molecule has 0 spiro atoms. The molecule has 1 aliphatic heterocycles. The van der Waals surface area contributed by atoms with Crippen LogP contribution in [0.5, 0.6) is 0 Å². The summed E-state index contributed by atoms with van der Waals surface area (Å²) < 4.78 is 0. The maximum absolute atomic E-state index is 12.0. The summed E-state index contributed by atoms with van der Waals surface area (Å²) in [4.78, 5) is 17.2. The lowest BCUT2D eigenvalue weighted by Gasteiger charge is -2.12. The highest BCUT2D eigenvalue weighted by atomic mass is 32.1. The number of amides is 1. The topological polar surface area (TPSA) is 70.7 Å². The number of carbonyl (C=O) groups is 1. The highest BCUT2D eigenvalue weighted by molar-refractivity contribution is 7.13. The Morgan fingerprint density at radius 1 is 1.25 bits per heavy atom. The molecule has 98 valence electrons. The predicted octanol–water partition coefficient (Wildman–Crippen LogP) is 2.37. The Morgan fingerprint density at radius 2 is 2.20 bits per heavy atom. The second-order valence-electron chi connectivity index (χ2n) is 4.53. The predicted molar refractivity (Wildman–Crippen MR) is 75.4 cm³/mol. The Morgan fingerprint density at radius 3 is 2.95 bits per heavy atom. The third-order valence-electron chi connectivity index (χ3n) is 3.37. The van der Waals surface area contributed by atoms with Gasteiger partial charge in [-0.15, -0.1) is 11.3 Å². The lowest BCUT2D eigenvalue weighted by molar-refractivity contribution is 0.0955. The molecule has 0 aliphatic carbocycles. The molecule has 2 N–H and O–H groups in total. The van der Waals surface area contributed by atoms with Crippen molar-refractivity contribution < 1.29 is 4.79 Å². The van der Waals surface area contributed by atoms with Gasteiger partial charge < -0.3 is 5.32 Å². The van der Waals surface area contributed by atoms with Gasteiger partial charge in [-0.3, -0.25) is 14.9 Å². The number of rotatable bonds is 2. The molecule has 4 heterocycles. The number of aromatic amines is 1. The van der Waals surface area contributed by atoms with Gasteiger partial charge in [0.1, 0.15) is 0 Å². The summed E-state index contributed by atoms with van der Waals surface area (Å²) >= 11 is 1.62. The van der Waals surface area contributed by atoms with Gasteiger partial charge in [-0.1, -0.05) is 12.1 Å². The molecule has 0 bridgehead atoms. The number of H-pyrrole nitrogens is 1. The minimum Gasteiger partial charge on any atom is -0.339 e.